The van der Waals surface area contributed by atoms with Gasteiger partial charge in [0, 0.05) is 23.4 Å². The van der Waals surface area contributed by atoms with Crippen LogP contribution in [-0.4, -0.2) is 15.0 Å². The van der Waals surface area contributed by atoms with E-state index in [9.17, 15) is 0 Å². The Balaban J connectivity index is 2.22. The molecule has 96 valence electrons. The maximum Gasteiger partial charge on any atom is 0.150 e. The number of nitrogens with two attached hydrogens (primary N) is 1. The summed E-state index contributed by atoms with van der Waals surface area (Å²) in [7, 11) is 0. The zero-order valence-electron chi connectivity index (χ0n) is 10.2. The number of hydrogen-bond acceptors (Lipinski definition) is 6. The van der Waals surface area contributed by atoms with E-state index in [2.05, 4.69) is 36.2 Å². The highest BCUT2D eigenvalue weighted by Crippen LogP contribution is 2.18. The van der Waals surface area contributed by atoms with Gasteiger partial charge in [-0.1, -0.05) is 0 Å². The first-order valence-corrected chi connectivity index (χ1v) is 6.27. The normalized spacial score (nSPS) is 9.95. The number of hydrogen-bond donors (Lipinski definition) is 2. The first-order valence-electron chi connectivity index (χ1n) is 5.47. The maximum atomic E-state index is 9.06. The SMILES string of the molecule is Cc1nc(N)c(C#N)c(NCc2cncc(Br)c2)n1. The highest BCUT2D eigenvalue weighted by atomic mass is 79.9. The van der Waals surface area contributed by atoms with Gasteiger partial charge in [-0.25, -0.2) is 9.97 Å². The molecular weight excluding hydrogens is 308 g/mol. The molecule has 2 heterocycles. The molecule has 3 N–H and O–H groups in total. The second-order valence-electron chi connectivity index (χ2n) is 3.86. The fourth-order valence-electron chi connectivity index (χ4n) is 1.57. The molecule has 7 heteroatoms. The number of pyridine rings is 1. The summed E-state index contributed by atoms with van der Waals surface area (Å²) in [4.78, 5) is 12.2. The van der Waals surface area contributed by atoms with E-state index in [-0.39, 0.29) is 11.4 Å². The lowest BCUT2D eigenvalue weighted by atomic mass is 10.2. The lowest BCUT2D eigenvalue weighted by molar-refractivity contribution is 1.01. The van der Waals surface area contributed by atoms with Gasteiger partial charge >= 0.3 is 0 Å². The maximum absolute atomic E-state index is 9.06. The number of halogens is 1. The summed E-state index contributed by atoms with van der Waals surface area (Å²) in [5.74, 6) is 1.14. The number of nitrogens with one attached hydrogen (secondary N) is 1. The predicted molar refractivity (Wildman–Crippen MR) is 75.2 cm³/mol. The van der Waals surface area contributed by atoms with Crippen LogP contribution in [0, 0.1) is 18.3 Å². The van der Waals surface area contributed by atoms with E-state index in [0.717, 1.165) is 10.0 Å². The topological polar surface area (TPSA) is 101 Å². The van der Waals surface area contributed by atoms with Crippen molar-refractivity contribution in [1.82, 2.24) is 15.0 Å². The van der Waals surface area contributed by atoms with Crippen molar-refractivity contribution < 1.29 is 0 Å². The van der Waals surface area contributed by atoms with E-state index >= 15 is 0 Å². The standard InChI is InChI=1S/C12H11BrN6/c1-7-18-11(15)10(3-14)12(19-7)17-5-8-2-9(13)6-16-4-8/h2,4,6H,5H2,1H3,(H3,15,17,18,19). The molecule has 2 aromatic rings. The minimum absolute atomic E-state index is 0.185. The van der Waals surface area contributed by atoms with Crippen LogP contribution < -0.4 is 11.1 Å². The average Bonchev–Trinajstić information content (AvgIpc) is 2.36. The Labute approximate surface area is 118 Å². The first kappa shape index (κ1) is 13.2. The van der Waals surface area contributed by atoms with Gasteiger partial charge in [0.25, 0.3) is 0 Å². The van der Waals surface area contributed by atoms with Gasteiger partial charge < -0.3 is 11.1 Å². The molecule has 0 saturated heterocycles. The minimum Gasteiger partial charge on any atom is -0.382 e. The lowest BCUT2D eigenvalue weighted by Gasteiger charge is -2.09. The summed E-state index contributed by atoms with van der Waals surface area (Å²) in [5.41, 5.74) is 6.92. The van der Waals surface area contributed by atoms with Gasteiger partial charge in [-0.15, -0.1) is 0 Å². The summed E-state index contributed by atoms with van der Waals surface area (Å²) < 4.78 is 0.894. The van der Waals surface area contributed by atoms with Crippen molar-refractivity contribution in [2.75, 3.05) is 11.1 Å². The summed E-state index contributed by atoms with van der Waals surface area (Å²) in [6.45, 7) is 2.22. The predicted octanol–water partition coefficient (Wildman–Crippen LogP) is 2.01. The number of rotatable bonds is 3. The molecule has 0 aromatic carbocycles. The van der Waals surface area contributed by atoms with Crippen LogP contribution >= 0.6 is 15.9 Å². The van der Waals surface area contributed by atoms with E-state index < -0.39 is 0 Å². The van der Waals surface area contributed by atoms with Crippen molar-refractivity contribution in [2.45, 2.75) is 13.5 Å². The molecule has 0 spiro atoms. The highest BCUT2D eigenvalue weighted by molar-refractivity contribution is 9.10. The molecule has 19 heavy (non-hydrogen) atoms. The zero-order valence-corrected chi connectivity index (χ0v) is 11.8. The van der Waals surface area contributed by atoms with Crippen LogP contribution in [0.2, 0.25) is 0 Å². The average molecular weight is 319 g/mol. The zero-order chi connectivity index (χ0) is 13.8. The molecule has 0 bridgehead atoms. The second-order valence-corrected chi connectivity index (χ2v) is 4.77. The molecule has 0 aliphatic heterocycles. The summed E-state index contributed by atoms with van der Waals surface area (Å²) in [5, 5.41) is 12.1. The Morgan fingerprint density at radius 3 is 2.89 bits per heavy atom. The molecule has 0 atom stereocenters. The fraction of sp³-hybridized carbons (Fsp3) is 0.167. The Hall–Kier alpha value is -2.20. The Morgan fingerprint density at radius 1 is 1.42 bits per heavy atom. The molecule has 0 aliphatic carbocycles. The number of nitriles is 1. The Kier molecular flexibility index (Phi) is 3.92. The van der Waals surface area contributed by atoms with Gasteiger partial charge in [-0.3, -0.25) is 4.98 Å². The van der Waals surface area contributed by atoms with Crippen molar-refractivity contribution in [1.29, 1.82) is 5.26 Å². The first-order chi connectivity index (χ1) is 9.10. The van der Waals surface area contributed by atoms with E-state index in [1.54, 1.807) is 19.3 Å². The van der Waals surface area contributed by atoms with E-state index in [0.29, 0.717) is 18.2 Å². The molecule has 0 fully saturated rings. The molecule has 0 unspecified atom stereocenters. The quantitative estimate of drug-likeness (QED) is 0.897. The third-order valence-corrected chi connectivity index (χ3v) is 2.82. The minimum atomic E-state index is 0.185. The number of aryl methyl sites for hydroxylation is 1. The molecule has 0 radical (unpaired) electrons. The van der Waals surface area contributed by atoms with Crippen LogP contribution in [-0.2, 0) is 6.54 Å². The van der Waals surface area contributed by atoms with Gasteiger partial charge in [0.15, 0.2) is 0 Å². The van der Waals surface area contributed by atoms with Gasteiger partial charge in [0.2, 0.25) is 0 Å². The van der Waals surface area contributed by atoms with Crippen molar-refractivity contribution in [3.8, 4) is 6.07 Å². The van der Waals surface area contributed by atoms with Gasteiger partial charge in [-0.05, 0) is 34.5 Å². The number of aromatic nitrogens is 3. The van der Waals surface area contributed by atoms with Crippen LogP contribution in [0.25, 0.3) is 0 Å². The molecule has 0 saturated carbocycles. The van der Waals surface area contributed by atoms with E-state index in [1.807, 2.05) is 12.1 Å². The van der Waals surface area contributed by atoms with Crippen molar-refractivity contribution in [3.63, 3.8) is 0 Å². The number of anilines is 2. The monoisotopic (exact) mass is 318 g/mol. The third-order valence-electron chi connectivity index (χ3n) is 2.38. The van der Waals surface area contributed by atoms with E-state index in [1.165, 1.54) is 0 Å². The van der Waals surface area contributed by atoms with Crippen LogP contribution in [0.4, 0.5) is 11.6 Å². The highest BCUT2D eigenvalue weighted by Gasteiger charge is 2.10. The number of nitrogens with zero attached hydrogens (tertiary/aromatic N) is 4. The Morgan fingerprint density at radius 2 is 2.21 bits per heavy atom. The summed E-state index contributed by atoms with van der Waals surface area (Å²) in [6, 6.07) is 3.94. The lowest BCUT2D eigenvalue weighted by Crippen LogP contribution is -2.08. The number of nitrogen functional groups attached to an aromatic ring is 1. The molecule has 0 amide bonds. The van der Waals surface area contributed by atoms with Gasteiger partial charge in [0.05, 0.1) is 0 Å². The van der Waals surface area contributed by atoms with Crippen LogP contribution in [0.5, 0.6) is 0 Å². The second kappa shape index (κ2) is 5.63. The molecule has 2 rings (SSSR count). The van der Waals surface area contributed by atoms with Crippen LogP contribution in [0.3, 0.4) is 0 Å². The molecule has 2 aromatic heterocycles. The molecule has 6 nitrogen and oxygen atoms in total. The molecule has 0 aliphatic rings. The van der Waals surface area contributed by atoms with Crippen molar-refractivity contribution >= 4 is 27.6 Å². The summed E-state index contributed by atoms with van der Waals surface area (Å²) >= 11 is 3.35. The fourth-order valence-corrected chi connectivity index (χ4v) is 1.98. The summed E-state index contributed by atoms with van der Waals surface area (Å²) in [6.07, 6.45) is 3.44. The Bertz CT molecular complexity index is 649. The van der Waals surface area contributed by atoms with Gasteiger partial charge in [0.1, 0.15) is 29.1 Å². The van der Waals surface area contributed by atoms with Crippen molar-refractivity contribution in [2.24, 2.45) is 0 Å². The van der Waals surface area contributed by atoms with Crippen LogP contribution in [0.15, 0.2) is 22.9 Å². The van der Waals surface area contributed by atoms with E-state index in [4.69, 9.17) is 11.0 Å². The third kappa shape index (κ3) is 3.17. The van der Waals surface area contributed by atoms with Gasteiger partial charge in [-0.2, -0.15) is 5.26 Å². The van der Waals surface area contributed by atoms with Crippen molar-refractivity contribution in [3.05, 3.63) is 39.9 Å². The molecular formula is C12H11BrN6. The van der Waals surface area contributed by atoms with Crippen LogP contribution in [0.1, 0.15) is 17.0 Å². The smallest absolute Gasteiger partial charge is 0.150 e. The largest absolute Gasteiger partial charge is 0.382 e.